The Morgan fingerprint density at radius 3 is 2.57 bits per heavy atom. The standard InChI is InChI=1S/C25H28F5N5O2/c1-14-7-20-18(21-19(22(36)32-20)11-31-35(21)13-16-9-24(26,27)10-16)8-17(14)23(37)34-6-5-33(15(2)12-34)4-3-25(28,29)30/h7-8,11,15-16H,3-6,9-10,12-13H2,1-2H3,(H,32,36)/t15-/m0/s1. The maximum absolute atomic E-state index is 13.5. The molecule has 2 aliphatic rings. The van der Waals surface area contributed by atoms with Crippen molar-refractivity contribution >= 4 is 27.7 Å². The van der Waals surface area contributed by atoms with Gasteiger partial charge in [-0.3, -0.25) is 19.2 Å². The van der Waals surface area contributed by atoms with Crippen LogP contribution in [0.3, 0.4) is 0 Å². The number of nitrogens with one attached hydrogen (secondary N) is 1. The van der Waals surface area contributed by atoms with Gasteiger partial charge in [-0.25, -0.2) is 8.78 Å². The Morgan fingerprint density at radius 1 is 1.19 bits per heavy atom. The van der Waals surface area contributed by atoms with Crippen LogP contribution in [0.5, 0.6) is 0 Å². The number of hydrogen-bond acceptors (Lipinski definition) is 4. The second-order valence-electron chi connectivity index (χ2n) is 10.4. The van der Waals surface area contributed by atoms with E-state index in [-0.39, 0.29) is 49.4 Å². The molecule has 5 rings (SSSR count). The SMILES string of the molecule is Cc1cc2[nH]c(=O)c3cnn(CC4CC(F)(F)C4)c3c2cc1C(=O)N1CCN(CCC(F)(F)F)[C@@H](C)C1. The van der Waals surface area contributed by atoms with Crippen LogP contribution in [0.1, 0.15) is 42.1 Å². The summed E-state index contributed by atoms with van der Waals surface area (Å²) < 4.78 is 66.3. The Bertz CT molecular complexity index is 1400. The molecule has 1 saturated carbocycles. The van der Waals surface area contributed by atoms with E-state index < -0.39 is 18.5 Å². The van der Waals surface area contributed by atoms with Crippen molar-refractivity contribution < 1.29 is 26.7 Å². The molecule has 0 bridgehead atoms. The Balaban J connectivity index is 1.43. The first-order valence-corrected chi connectivity index (χ1v) is 12.3. The van der Waals surface area contributed by atoms with Crippen LogP contribution in [-0.2, 0) is 6.54 Å². The molecule has 1 aliphatic carbocycles. The first-order chi connectivity index (χ1) is 17.3. The number of aryl methyl sites for hydroxylation is 1. The first-order valence-electron chi connectivity index (χ1n) is 12.3. The second-order valence-corrected chi connectivity index (χ2v) is 10.4. The lowest BCUT2D eigenvalue weighted by atomic mass is 9.81. The van der Waals surface area contributed by atoms with Crippen LogP contribution >= 0.6 is 0 Å². The van der Waals surface area contributed by atoms with Crippen molar-refractivity contribution in [1.29, 1.82) is 0 Å². The summed E-state index contributed by atoms with van der Waals surface area (Å²) in [6.45, 7) is 4.63. The van der Waals surface area contributed by atoms with Crippen molar-refractivity contribution in [1.82, 2.24) is 24.6 Å². The minimum atomic E-state index is -4.23. The summed E-state index contributed by atoms with van der Waals surface area (Å²) in [5, 5.41) is 5.19. The van der Waals surface area contributed by atoms with E-state index in [1.807, 2.05) is 0 Å². The lowest BCUT2D eigenvalue weighted by Gasteiger charge is -2.40. The fraction of sp³-hybridized carbons (Fsp3) is 0.560. The van der Waals surface area contributed by atoms with Gasteiger partial charge < -0.3 is 9.88 Å². The average Bonchev–Trinajstić information content (AvgIpc) is 3.20. The molecule has 1 atom stereocenters. The number of carbonyl (C=O) groups excluding carboxylic acids is 1. The number of alkyl halides is 5. The summed E-state index contributed by atoms with van der Waals surface area (Å²) in [4.78, 5) is 32.4. The van der Waals surface area contributed by atoms with Gasteiger partial charge >= 0.3 is 6.18 Å². The van der Waals surface area contributed by atoms with Gasteiger partial charge in [0, 0.05) is 62.6 Å². The summed E-state index contributed by atoms with van der Waals surface area (Å²) in [7, 11) is 0. The van der Waals surface area contributed by atoms with E-state index in [1.165, 1.54) is 6.20 Å². The summed E-state index contributed by atoms with van der Waals surface area (Å²) in [5.41, 5.74) is 1.71. The third kappa shape index (κ3) is 5.07. The monoisotopic (exact) mass is 525 g/mol. The first kappa shape index (κ1) is 25.6. The van der Waals surface area contributed by atoms with E-state index in [0.29, 0.717) is 52.6 Å². The number of rotatable bonds is 5. The molecule has 37 heavy (non-hydrogen) atoms. The Morgan fingerprint density at radius 2 is 1.92 bits per heavy atom. The minimum absolute atomic E-state index is 0.107. The van der Waals surface area contributed by atoms with Crippen LogP contribution in [0.25, 0.3) is 21.8 Å². The lowest BCUT2D eigenvalue weighted by molar-refractivity contribution is -0.140. The van der Waals surface area contributed by atoms with Gasteiger partial charge in [-0.15, -0.1) is 0 Å². The molecule has 1 amide bonds. The number of nitrogens with zero attached hydrogens (tertiary/aromatic N) is 4. The highest BCUT2D eigenvalue weighted by atomic mass is 19.4. The van der Waals surface area contributed by atoms with Crippen molar-refractivity contribution in [3.05, 3.63) is 39.8 Å². The van der Waals surface area contributed by atoms with Crippen molar-refractivity contribution in [2.45, 2.75) is 57.8 Å². The molecule has 1 aliphatic heterocycles. The molecular weight excluding hydrogens is 497 g/mol. The van der Waals surface area contributed by atoms with Crippen molar-refractivity contribution in [3.63, 3.8) is 0 Å². The van der Waals surface area contributed by atoms with Crippen LogP contribution < -0.4 is 5.56 Å². The molecule has 2 fully saturated rings. The highest BCUT2D eigenvalue weighted by Gasteiger charge is 2.45. The topological polar surface area (TPSA) is 74.2 Å². The molecule has 1 N–H and O–H groups in total. The number of fused-ring (bicyclic) bond motifs is 3. The van der Waals surface area contributed by atoms with Gasteiger partial charge in [0.1, 0.15) is 0 Å². The third-order valence-corrected chi connectivity index (χ3v) is 7.52. The minimum Gasteiger partial charge on any atom is -0.336 e. The molecule has 7 nitrogen and oxygen atoms in total. The Hall–Kier alpha value is -3.02. The smallest absolute Gasteiger partial charge is 0.336 e. The molecule has 1 saturated heterocycles. The van der Waals surface area contributed by atoms with Crippen LogP contribution in [0.4, 0.5) is 22.0 Å². The lowest BCUT2D eigenvalue weighted by Crippen LogP contribution is -2.54. The summed E-state index contributed by atoms with van der Waals surface area (Å²) >= 11 is 0. The zero-order chi connectivity index (χ0) is 26.7. The molecule has 200 valence electrons. The number of H-pyrrole nitrogens is 1. The number of halogens is 5. The van der Waals surface area contributed by atoms with Crippen LogP contribution in [0.15, 0.2) is 23.1 Å². The molecule has 3 heterocycles. The Labute approximate surface area is 209 Å². The number of aromatic amines is 1. The molecule has 0 radical (unpaired) electrons. The number of piperazine rings is 1. The molecule has 0 unspecified atom stereocenters. The van der Waals surface area contributed by atoms with Gasteiger partial charge in [0.05, 0.1) is 29.0 Å². The highest BCUT2D eigenvalue weighted by Crippen LogP contribution is 2.43. The number of carbonyl (C=O) groups is 1. The summed E-state index contributed by atoms with van der Waals surface area (Å²) in [6, 6.07) is 3.17. The van der Waals surface area contributed by atoms with Crippen LogP contribution in [0.2, 0.25) is 0 Å². The normalized spacial score (nSPS) is 21.1. The highest BCUT2D eigenvalue weighted by molar-refractivity contribution is 6.07. The second kappa shape index (κ2) is 9.07. The van der Waals surface area contributed by atoms with E-state index >= 15 is 0 Å². The fourth-order valence-corrected chi connectivity index (χ4v) is 5.51. The van der Waals surface area contributed by atoms with Gasteiger partial charge in [-0.1, -0.05) is 0 Å². The largest absolute Gasteiger partial charge is 0.390 e. The van der Waals surface area contributed by atoms with E-state index in [9.17, 15) is 31.5 Å². The number of benzene rings is 1. The number of amides is 1. The molecule has 0 spiro atoms. The number of pyridine rings is 1. The zero-order valence-electron chi connectivity index (χ0n) is 20.5. The molecule has 2 aromatic heterocycles. The van der Waals surface area contributed by atoms with Gasteiger partial charge in [0.15, 0.2) is 0 Å². The average molecular weight is 526 g/mol. The van der Waals surface area contributed by atoms with Crippen LogP contribution in [0, 0.1) is 12.8 Å². The van der Waals surface area contributed by atoms with Gasteiger partial charge in [-0.05, 0) is 37.5 Å². The maximum atomic E-state index is 13.5. The number of aromatic nitrogens is 3. The molecular formula is C25H28F5N5O2. The summed E-state index contributed by atoms with van der Waals surface area (Å²) in [6.07, 6.45) is -4.17. The third-order valence-electron chi connectivity index (χ3n) is 7.52. The Kier molecular flexibility index (Phi) is 6.28. The fourth-order valence-electron chi connectivity index (χ4n) is 5.51. The quantitative estimate of drug-likeness (QED) is 0.504. The maximum Gasteiger partial charge on any atom is 0.390 e. The van der Waals surface area contributed by atoms with Gasteiger partial charge in [-0.2, -0.15) is 18.3 Å². The predicted molar refractivity (Wildman–Crippen MR) is 128 cm³/mol. The van der Waals surface area contributed by atoms with Crippen molar-refractivity contribution in [2.75, 3.05) is 26.2 Å². The van der Waals surface area contributed by atoms with Crippen molar-refractivity contribution in [3.8, 4) is 0 Å². The molecule has 3 aromatic rings. The zero-order valence-corrected chi connectivity index (χ0v) is 20.5. The van der Waals surface area contributed by atoms with E-state index in [4.69, 9.17) is 0 Å². The molecule has 12 heteroatoms. The van der Waals surface area contributed by atoms with E-state index in [0.717, 1.165) is 0 Å². The summed E-state index contributed by atoms with van der Waals surface area (Å²) in [5.74, 6) is -3.17. The predicted octanol–water partition coefficient (Wildman–Crippen LogP) is 4.33. The van der Waals surface area contributed by atoms with Crippen molar-refractivity contribution in [2.24, 2.45) is 5.92 Å². The van der Waals surface area contributed by atoms with Crippen LogP contribution in [-0.4, -0.2) is 74.8 Å². The molecule has 1 aromatic carbocycles. The van der Waals surface area contributed by atoms with Gasteiger partial charge in [0.2, 0.25) is 5.92 Å². The van der Waals surface area contributed by atoms with Gasteiger partial charge in [0.25, 0.3) is 11.5 Å². The van der Waals surface area contributed by atoms with E-state index in [1.54, 1.807) is 40.5 Å². The number of hydrogen-bond donors (Lipinski definition) is 1. The van der Waals surface area contributed by atoms with E-state index in [2.05, 4.69) is 10.1 Å².